The Bertz CT molecular complexity index is 758. The smallest absolute Gasteiger partial charge is 0.185 e. The lowest BCUT2D eigenvalue weighted by Gasteiger charge is -2.39. The number of fused-ring (bicyclic) bond motifs is 1. The lowest BCUT2D eigenvalue weighted by molar-refractivity contribution is 0.112. The highest BCUT2D eigenvalue weighted by Crippen LogP contribution is 2.37. The molecule has 1 saturated heterocycles. The Balaban J connectivity index is 1.29. The molecule has 2 aliphatic heterocycles. The first-order chi connectivity index (χ1) is 12.8. The van der Waals surface area contributed by atoms with Crippen molar-refractivity contribution in [1.82, 2.24) is 15.0 Å². The molecule has 6 nitrogen and oxygen atoms in total. The van der Waals surface area contributed by atoms with Gasteiger partial charge in [-0.05, 0) is 32.6 Å². The summed E-state index contributed by atoms with van der Waals surface area (Å²) in [5.41, 5.74) is 2.31. The average Bonchev–Trinajstić information content (AvgIpc) is 3.39. The van der Waals surface area contributed by atoms with Crippen molar-refractivity contribution in [2.24, 2.45) is 0 Å². The van der Waals surface area contributed by atoms with E-state index in [4.69, 9.17) is 9.72 Å². The molecule has 0 aromatic carbocycles. The minimum absolute atomic E-state index is 0.575. The largest absolute Gasteiger partial charge is 0.375 e. The number of hydrogen-bond acceptors (Lipinski definition) is 7. The molecule has 0 unspecified atom stereocenters. The molecule has 0 radical (unpaired) electrons. The van der Waals surface area contributed by atoms with Crippen LogP contribution in [0.4, 0.5) is 10.9 Å². The standard InChI is InChI=1S/C19H25N5OS/c1-13-10-18(21-12-20-13)24(14-2-3-14)15-4-7-23(8-5-15)19-22-16-6-9-25-11-17(16)26-19/h10,12,14-15H,2-9,11H2,1H3. The van der Waals surface area contributed by atoms with Crippen molar-refractivity contribution < 1.29 is 4.74 Å². The molecule has 138 valence electrons. The van der Waals surface area contributed by atoms with Gasteiger partial charge in [-0.25, -0.2) is 15.0 Å². The van der Waals surface area contributed by atoms with Gasteiger partial charge in [0.25, 0.3) is 0 Å². The van der Waals surface area contributed by atoms with Gasteiger partial charge in [0.1, 0.15) is 12.1 Å². The summed E-state index contributed by atoms with van der Waals surface area (Å²) in [5.74, 6) is 1.11. The van der Waals surface area contributed by atoms with Crippen molar-refractivity contribution in [1.29, 1.82) is 0 Å². The van der Waals surface area contributed by atoms with Crippen LogP contribution in [0, 0.1) is 6.92 Å². The molecule has 4 heterocycles. The average molecular weight is 372 g/mol. The maximum Gasteiger partial charge on any atom is 0.185 e. The Morgan fingerprint density at radius 3 is 2.69 bits per heavy atom. The van der Waals surface area contributed by atoms with Gasteiger partial charge >= 0.3 is 0 Å². The van der Waals surface area contributed by atoms with Gasteiger partial charge in [-0.3, -0.25) is 0 Å². The maximum absolute atomic E-state index is 5.57. The van der Waals surface area contributed by atoms with E-state index < -0.39 is 0 Å². The fourth-order valence-corrected chi connectivity index (χ4v) is 5.18. The Hall–Kier alpha value is -1.73. The van der Waals surface area contributed by atoms with Crippen molar-refractivity contribution in [2.45, 2.75) is 57.7 Å². The molecular formula is C19H25N5OS. The molecule has 1 saturated carbocycles. The Labute approximate surface area is 158 Å². The molecule has 0 spiro atoms. The van der Waals surface area contributed by atoms with Gasteiger partial charge in [-0.2, -0.15) is 0 Å². The van der Waals surface area contributed by atoms with Crippen molar-refractivity contribution in [3.05, 3.63) is 28.7 Å². The van der Waals surface area contributed by atoms with E-state index in [2.05, 4.69) is 25.8 Å². The van der Waals surface area contributed by atoms with Crippen LogP contribution in [0.5, 0.6) is 0 Å². The molecular weight excluding hydrogens is 346 g/mol. The Kier molecular flexibility index (Phi) is 4.29. The summed E-state index contributed by atoms with van der Waals surface area (Å²) >= 11 is 1.82. The predicted molar refractivity (Wildman–Crippen MR) is 103 cm³/mol. The van der Waals surface area contributed by atoms with Crippen molar-refractivity contribution in [3.63, 3.8) is 0 Å². The number of piperidine rings is 1. The molecule has 1 aliphatic carbocycles. The third kappa shape index (κ3) is 3.18. The summed E-state index contributed by atoms with van der Waals surface area (Å²) in [6.45, 7) is 5.75. The van der Waals surface area contributed by atoms with Gasteiger partial charge in [0.2, 0.25) is 0 Å². The van der Waals surface area contributed by atoms with Gasteiger partial charge in [0, 0.05) is 43.4 Å². The second-order valence-electron chi connectivity index (χ2n) is 7.54. The molecule has 2 fully saturated rings. The summed E-state index contributed by atoms with van der Waals surface area (Å²) in [6, 6.07) is 3.38. The third-order valence-electron chi connectivity index (χ3n) is 5.61. The molecule has 7 heteroatoms. The van der Waals surface area contributed by atoms with Gasteiger partial charge in [-0.1, -0.05) is 11.3 Å². The zero-order valence-electron chi connectivity index (χ0n) is 15.2. The van der Waals surface area contributed by atoms with Crippen LogP contribution in [-0.4, -0.2) is 46.7 Å². The van der Waals surface area contributed by atoms with Gasteiger partial charge in [-0.15, -0.1) is 0 Å². The van der Waals surface area contributed by atoms with Gasteiger partial charge < -0.3 is 14.5 Å². The molecule has 0 amide bonds. The van der Waals surface area contributed by atoms with Crippen LogP contribution in [0.3, 0.4) is 0 Å². The number of anilines is 2. The summed E-state index contributed by atoms with van der Waals surface area (Å²) in [7, 11) is 0. The number of aromatic nitrogens is 3. The fraction of sp³-hybridized carbons (Fsp3) is 0.632. The van der Waals surface area contributed by atoms with Gasteiger partial charge in [0.15, 0.2) is 5.13 Å². The van der Waals surface area contributed by atoms with Crippen molar-refractivity contribution in [2.75, 3.05) is 29.5 Å². The normalized spacial score (nSPS) is 20.9. The highest BCUT2D eigenvalue weighted by molar-refractivity contribution is 7.15. The second-order valence-corrected chi connectivity index (χ2v) is 8.61. The number of thiazole rings is 1. The minimum atomic E-state index is 0.575. The topological polar surface area (TPSA) is 54.4 Å². The zero-order valence-corrected chi connectivity index (χ0v) is 16.0. The van der Waals surface area contributed by atoms with Crippen LogP contribution in [0.15, 0.2) is 12.4 Å². The first-order valence-electron chi connectivity index (χ1n) is 9.66. The quantitative estimate of drug-likeness (QED) is 0.824. The lowest BCUT2D eigenvalue weighted by Crippen LogP contribution is -2.46. The molecule has 0 N–H and O–H groups in total. The summed E-state index contributed by atoms with van der Waals surface area (Å²) in [4.78, 5) is 20.1. The van der Waals surface area contributed by atoms with Crippen LogP contribution in [0.25, 0.3) is 0 Å². The zero-order chi connectivity index (χ0) is 17.5. The lowest BCUT2D eigenvalue weighted by atomic mass is 10.0. The van der Waals surface area contributed by atoms with Crippen molar-refractivity contribution >= 4 is 22.3 Å². The van der Waals surface area contributed by atoms with Gasteiger partial charge in [0.05, 0.1) is 23.8 Å². The molecule has 0 atom stereocenters. The van der Waals surface area contributed by atoms with Crippen LogP contribution in [0.2, 0.25) is 0 Å². The SMILES string of the molecule is Cc1cc(N(C2CC2)C2CCN(c3nc4c(s3)COCC4)CC2)ncn1. The molecule has 2 aromatic rings. The van der Waals surface area contributed by atoms with Crippen LogP contribution >= 0.6 is 11.3 Å². The predicted octanol–water partition coefficient (Wildman–Crippen LogP) is 2.95. The molecule has 3 aliphatic rings. The van der Waals surface area contributed by atoms with Crippen LogP contribution in [-0.2, 0) is 17.8 Å². The Morgan fingerprint density at radius 2 is 1.96 bits per heavy atom. The molecule has 5 rings (SSSR count). The maximum atomic E-state index is 5.57. The highest BCUT2D eigenvalue weighted by Gasteiger charge is 2.37. The summed E-state index contributed by atoms with van der Waals surface area (Å²) in [5, 5.41) is 1.19. The van der Waals surface area contributed by atoms with E-state index in [0.717, 1.165) is 44.2 Å². The number of hydrogen-bond donors (Lipinski definition) is 0. The molecule has 0 bridgehead atoms. The highest BCUT2D eigenvalue weighted by atomic mass is 32.1. The summed E-state index contributed by atoms with van der Waals surface area (Å²) in [6.07, 6.45) is 7.59. The Morgan fingerprint density at radius 1 is 1.15 bits per heavy atom. The number of ether oxygens (including phenoxy) is 1. The fourth-order valence-electron chi connectivity index (χ4n) is 4.09. The van der Waals surface area contributed by atoms with E-state index >= 15 is 0 Å². The number of aryl methyl sites for hydroxylation is 1. The monoisotopic (exact) mass is 371 g/mol. The first kappa shape index (κ1) is 16.4. The van der Waals surface area contributed by atoms with E-state index in [1.54, 1.807) is 6.33 Å². The second kappa shape index (κ2) is 6.78. The molecule has 26 heavy (non-hydrogen) atoms. The van der Waals surface area contributed by atoms with E-state index in [1.807, 2.05) is 18.3 Å². The van der Waals surface area contributed by atoms with E-state index in [9.17, 15) is 0 Å². The van der Waals surface area contributed by atoms with Crippen LogP contribution < -0.4 is 9.80 Å². The van der Waals surface area contributed by atoms with Crippen molar-refractivity contribution in [3.8, 4) is 0 Å². The van der Waals surface area contributed by atoms with E-state index in [-0.39, 0.29) is 0 Å². The van der Waals surface area contributed by atoms with Crippen LogP contribution in [0.1, 0.15) is 41.9 Å². The third-order valence-corrected chi connectivity index (χ3v) is 6.74. The van der Waals surface area contributed by atoms with E-state index in [1.165, 1.54) is 41.4 Å². The number of rotatable bonds is 4. The number of nitrogens with zero attached hydrogens (tertiary/aromatic N) is 5. The first-order valence-corrected chi connectivity index (χ1v) is 10.5. The summed E-state index contributed by atoms with van der Waals surface area (Å²) < 4.78 is 5.57. The minimum Gasteiger partial charge on any atom is -0.375 e. The molecule has 2 aromatic heterocycles. The van der Waals surface area contributed by atoms with E-state index in [0.29, 0.717) is 12.1 Å².